The van der Waals surface area contributed by atoms with Crippen LogP contribution in [0.4, 0.5) is 0 Å². The molecule has 0 saturated heterocycles. The molecule has 0 unspecified atom stereocenters. The predicted octanol–water partition coefficient (Wildman–Crippen LogP) is 4.01. The third-order valence-corrected chi connectivity index (χ3v) is 4.17. The van der Waals surface area contributed by atoms with Crippen LogP contribution in [0.2, 0.25) is 0 Å². The molecular formula is C17H23NOS. The second-order valence-corrected chi connectivity index (χ2v) is 6.04. The molecule has 0 spiro atoms. The second kappa shape index (κ2) is 8.90. The minimum Gasteiger partial charge on any atom is -0.376 e. The molecule has 0 bridgehead atoms. The number of aryl methyl sites for hydroxylation is 1. The quantitative estimate of drug-likeness (QED) is 0.704. The normalized spacial score (nSPS) is 10.8. The van der Waals surface area contributed by atoms with Gasteiger partial charge in [0.2, 0.25) is 0 Å². The molecule has 0 fully saturated rings. The molecule has 0 aliphatic rings. The summed E-state index contributed by atoms with van der Waals surface area (Å²) in [5.41, 5.74) is 1.39. The highest BCUT2D eigenvalue weighted by atomic mass is 32.1. The minimum atomic E-state index is 0.742. The first-order valence-corrected chi connectivity index (χ1v) is 8.10. The molecule has 0 atom stereocenters. The number of nitrogens with one attached hydrogen (secondary N) is 1. The van der Waals surface area contributed by atoms with Crippen molar-refractivity contribution in [2.45, 2.75) is 32.9 Å². The van der Waals surface area contributed by atoms with Crippen molar-refractivity contribution >= 4 is 11.3 Å². The average molecular weight is 289 g/mol. The van der Waals surface area contributed by atoms with Gasteiger partial charge in [-0.05, 0) is 37.1 Å². The number of rotatable bonds is 9. The number of benzene rings is 1. The van der Waals surface area contributed by atoms with E-state index in [9.17, 15) is 0 Å². The van der Waals surface area contributed by atoms with Crippen molar-refractivity contribution in [2.75, 3.05) is 13.2 Å². The van der Waals surface area contributed by atoms with Crippen LogP contribution in [0.25, 0.3) is 0 Å². The number of hydrogen-bond acceptors (Lipinski definition) is 3. The maximum Gasteiger partial charge on any atom is 0.0809 e. The molecular weight excluding hydrogens is 266 g/mol. The van der Waals surface area contributed by atoms with Crippen molar-refractivity contribution in [3.05, 3.63) is 57.8 Å². The van der Waals surface area contributed by atoms with Crippen LogP contribution in [-0.2, 0) is 24.3 Å². The lowest BCUT2D eigenvalue weighted by atomic mass is 10.1. The standard InChI is InChI=1S/C17H23NOS/c1-2-18-13-16-10-11-17(20-16)14-19-12-6-9-15-7-4-3-5-8-15/h3-5,7-8,10-11,18H,2,6,9,12-14H2,1H3. The molecule has 2 nitrogen and oxygen atoms in total. The van der Waals surface area contributed by atoms with Crippen molar-refractivity contribution < 1.29 is 4.74 Å². The SMILES string of the molecule is CCNCc1ccc(COCCCc2ccccc2)s1. The maximum absolute atomic E-state index is 5.75. The molecule has 0 aliphatic carbocycles. The van der Waals surface area contributed by atoms with Crippen LogP contribution >= 0.6 is 11.3 Å². The van der Waals surface area contributed by atoms with Gasteiger partial charge in [-0.3, -0.25) is 0 Å². The molecule has 2 rings (SSSR count). The lowest BCUT2D eigenvalue weighted by Crippen LogP contribution is -2.10. The summed E-state index contributed by atoms with van der Waals surface area (Å²) in [5.74, 6) is 0. The fourth-order valence-corrected chi connectivity index (χ4v) is 2.96. The smallest absolute Gasteiger partial charge is 0.0809 e. The van der Waals surface area contributed by atoms with E-state index in [-0.39, 0.29) is 0 Å². The van der Waals surface area contributed by atoms with Gasteiger partial charge in [0.05, 0.1) is 6.61 Å². The highest BCUT2D eigenvalue weighted by Crippen LogP contribution is 2.17. The van der Waals surface area contributed by atoms with Crippen molar-refractivity contribution in [2.24, 2.45) is 0 Å². The number of thiophene rings is 1. The summed E-state index contributed by atoms with van der Waals surface area (Å²) in [7, 11) is 0. The summed E-state index contributed by atoms with van der Waals surface area (Å²) in [4.78, 5) is 2.70. The Kier molecular flexibility index (Phi) is 6.78. The van der Waals surface area contributed by atoms with Gasteiger partial charge in [-0.15, -0.1) is 11.3 Å². The fourth-order valence-electron chi connectivity index (χ4n) is 2.04. The van der Waals surface area contributed by atoms with Gasteiger partial charge in [-0.1, -0.05) is 37.3 Å². The Bertz CT molecular complexity index is 481. The third kappa shape index (κ3) is 5.45. The van der Waals surface area contributed by atoms with E-state index in [0.29, 0.717) is 0 Å². The van der Waals surface area contributed by atoms with Crippen molar-refractivity contribution in [3.63, 3.8) is 0 Å². The number of hydrogen-bond donors (Lipinski definition) is 1. The molecule has 0 aliphatic heterocycles. The summed E-state index contributed by atoms with van der Waals surface area (Å²) in [5, 5.41) is 3.34. The predicted molar refractivity (Wildman–Crippen MR) is 86.1 cm³/mol. The van der Waals surface area contributed by atoms with E-state index >= 15 is 0 Å². The molecule has 0 amide bonds. The monoisotopic (exact) mass is 289 g/mol. The van der Waals surface area contributed by atoms with Crippen LogP contribution in [0, 0.1) is 0 Å². The lowest BCUT2D eigenvalue weighted by Gasteiger charge is -2.03. The summed E-state index contributed by atoms with van der Waals surface area (Å²) in [6, 6.07) is 15.0. The van der Waals surface area contributed by atoms with Gasteiger partial charge in [-0.25, -0.2) is 0 Å². The van der Waals surface area contributed by atoms with Gasteiger partial charge in [0, 0.05) is 22.9 Å². The lowest BCUT2D eigenvalue weighted by molar-refractivity contribution is 0.121. The topological polar surface area (TPSA) is 21.3 Å². The van der Waals surface area contributed by atoms with Gasteiger partial charge in [0.25, 0.3) is 0 Å². The van der Waals surface area contributed by atoms with Gasteiger partial charge in [0.1, 0.15) is 0 Å². The van der Waals surface area contributed by atoms with Gasteiger partial charge in [-0.2, -0.15) is 0 Å². The first kappa shape index (κ1) is 15.2. The second-order valence-electron chi connectivity index (χ2n) is 4.79. The van der Waals surface area contributed by atoms with E-state index in [1.807, 2.05) is 11.3 Å². The maximum atomic E-state index is 5.75. The zero-order chi connectivity index (χ0) is 14.0. The van der Waals surface area contributed by atoms with E-state index in [2.05, 4.69) is 54.7 Å². The van der Waals surface area contributed by atoms with Crippen LogP contribution in [0.5, 0.6) is 0 Å². The molecule has 1 N–H and O–H groups in total. The Labute approximate surface area is 125 Å². The van der Waals surface area contributed by atoms with Crippen LogP contribution in [0.15, 0.2) is 42.5 Å². The summed E-state index contributed by atoms with van der Waals surface area (Å²) < 4.78 is 5.75. The summed E-state index contributed by atoms with van der Waals surface area (Å²) >= 11 is 1.84. The Morgan fingerprint density at radius 1 is 1.05 bits per heavy atom. The van der Waals surface area contributed by atoms with Crippen LogP contribution in [-0.4, -0.2) is 13.2 Å². The first-order valence-electron chi connectivity index (χ1n) is 7.28. The first-order chi connectivity index (χ1) is 9.88. The Balaban J connectivity index is 1.60. The molecule has 20 heavy (non-hydrogen) atoms. The summed E-state index contributed by atoms with van der Waals surface area (Å²) in [6.07, 6.45) is 2.18. The van der Waals surface area contributed by atoms with E-state index in [4.69, 9.17) is 4.74 Å². The van der Waals surface area contributed by atoms with Gasteiger partial charge < -0.3 is 10.1 Å². The van der Waals surface area contributed by atoms with E-state index in [0.717, 1.165) is 39.1 Å². The van der Waals surface area contributed by atoms with E-state index < -0.39 is 0 Å². The third-order valence-electron chi connectivity index (χ3n) is 3.11. The van der Waals surface area contributed by atoms with Crippen LogP contribution in [0.1, 0.15) is 28.7 Å². The zero-order valence-corrected chi connectivity index (χ0v) is 12.9. The Morgan fingerprint density at radius 3 is 2.65 bits per heavy atom. The molecule has 3 heteroatoms. The zero-order valence-electron chi connectivity index (χ0n) is 12.1. The molecule has 108 valence electrons. The van der Waals surface area contributed by atoms with Crippen LogP contribution in [0.3, 0.4) is 0 Å². The Morgan fingerprint density at radius 2 is 1.85 bits per heavy atom. The average Bonchev–Trinajstić information content (AvgIpc) is 2.94. The van der Waals surface area contributed by atoms with E-state index in [1.54, 1.807) is 0 Å². The molecule has 1 heterocycles. The largest absolute Gasteiger partial charge is 0.376 e. The van der Waals surface area contributed by atoms with E-state index in [1.165, 1.54) is 15.3 Å². The van der Waals surface area contributed by atoms with Crippen molar-refractivity contribution in [3.8, 4) is 0 Å². The van der Waals surface area contributed by atoms with Gasteiger partial charge in [0.15, 0.2) is 0 Å². The Hall–Kier alpha value is -1.16. The molecule has 1 aromatic heterocycles. The minimum absolute atomic E-state index is 0.742. The van der Waals surface area contributed by atoms with Gasteiger partial charge >= 0.3 is 0 Å². The highest BCUT2D eigenvalue weighted by Gasteiger charge is 2.00. The molecule has 0 radical (unpaired) electrons. The van der Waals surface area contributed by atoms with Crippen molar-refractivity contribution in [1.82, 2.24) is 5.32 Å². The fraction of sp³-hybridized carbons (Fsp3) is 0.412. The molecule has 2 aromatic rings. The molecule has 1 aromatic carbocycles. The van der Waals surface area contributed by atoms with Crippen LogP contribution < -0.4 is 5.32 Å². The highest BCUT2D eigenvalue weighted by molar-refractivity contribution is 7.11. The van der Waals surface area contributed by atoms with Crippen molar-refractivity contribution in [1.29, 1.82) is 0 Å². The summed E-state index contributed by atoms with van der Waals surface area (Å²) in [6.45, 7) is 5.68. The number of ether oxygens (including phenoxy) is 1. The molecule has 0 saturated carbocycles.